The number of nitrogens with one attached hydrogen (secondary N) is 2. The Morgan fingerprint density at radius 1 is 0.615 bits per heavy atom. The van der Waals surface area contributed by atoms with Gasteiger partial charge in [-0.05, 0) is 52.7 Å². The molecule has 1 heterocycles. The van der Waals surface area contributed by atoms with E-state index >= 15 is 0 Å². The molecule has 1 aliphatic rings. The van der Waals surface area contributed by atoms with Crippen molar-refractivity contribution in [3.63, 3.8) is 0 Å². The van der Waals surface area contributed by atoms with E-state index in [0.717, 1.165) is 61.1 Å². The minimum absolute atomic E-state index is 0.381. The van der Waals surface area contributed by atoms with Crippen molar-refractivity contribution in [2.45, 2.75) is 0 Å². The Balaban J connectivity index is 1.38. The zero-order valence-corrected chi connectivity index (χ0v) is 21.0. The van der Waals surface area contributed by atoms with E-state index in [2.05, 4.69) is 53.0 Å². The standard InChI is InChI=1S/C34H23N5/c35-32-30(39-38-26-11-5-2-6-12-26)20-19-23-17-15-22-16-18-25(21-27(22)31(23)32)34-33(24-9-3-1-4-10-24)36-28-13-7-8-14-29(28)37-34/h1-21,35,38H/b35-32?,39-30-. The van der Waals surface area contributed by atoms with E-state index in [1.807, 2.05) is 84.9 Å². The molecular formula is C34H23N5. The number of para-hydroxylation sites is 3. The van der Waals surface area contributed by atoms with E-state index < -0.39 is 0 Å². The molecule has 7 rings (SSSR count). The van der Waals surface area contributed by atoms with Crippen LogP contribution in [0.5, 0.6) is 0 Å². The first-order chi connectivity index (χ1) is 19.2. The van der Waals surface area contributed by atoms with Gasteiger partial charge in [0, 0.05) is 16.7 Å². The Morgan fingerprint density at radius 2 is 1.26 bits per heavy atom. The van der Waals surface area contributed by atoms with Crippen molar-refractivity contribution in [1.29, 1.82) is 5.41 Å². The van der Waals surface area contributed by atoms with E-state index in [0.29, 0.717) is 11.4 Å². The van der Waals surface area contributed by atoms with Gasteiger partial charge in [-0.2, -0.15) is 5.10 Å². The lowest BCUT2D eigenvalue weighted by Crippen LogP contribution is -2.18. The first kappa shape index (κ1) is 22.8. The van der Waals surface area contributed by atoms with Crippen LogP contribution in [0.4, 0.5) is 5.69 Å². The van der Waals surface area contributed by atoms with Crippen molar-refractivity contribution in [2.75, 3.05) is 5.43 Å². The second kappa shape index (κ2) is 9.47. The molecule has 0 radical (unpaired) electrons. The largest absolute Gasteiger partial charge is 0.298 e. The Bertz CT molecular complexity index is 1940. The summed E-state index contributed by atoms with van der Waals surface area (Å²) in [5.41, 5.74) is 12.1. The highest BCUT2D eigenvalue weighted by atomic mass is 15.3. The maximum absolute atomic E-state index is 9.09. The molecule has 0 aliphatic heterocycles. The molecule has 6 aromatic rings. The summed E-state index contributed by atoms with van der Waals surface area (Å²) in [5.74, 6) is 0. The molecule has 5 heteroatoms. The smallest absolute Gasteiger partial charge is 0.109 e. The number of hydrogen-bond acceptors (Lipinski definition) is 5. The Labute approximate surface area is 225 Å². The lowest BCUT2D eigenvalue weighted by Gasteiger charge is -2.18. The maximum atomic E-state index is 9.09. The zero-order valence-electron chi connectivity index (χ0n) is 21.0. The number of benzene rings is 5. The van der Waals surface area contributed by atoms with Crippen LogP contribution >= 0.6 is 0 Å². The van der Waals surface area contributed by atoms with Gasteiger partial charge in [0.15, 0.2) is 0 Å². The van der Waals surface area contributed by atoms with Crippen LogP contribution < -0.4 is 5.43 Å². The summed E-state index contributed by atoms with van der Waals surface area (Å²) in [4.78, 5) is 10.1. The predicted molar refractivity (Wildman–Crippen MR) is 161 cm³/mol. The van der Waals surface area contributed by atoms with Gasteiger partial charge in [-0.3, -0.25) is 10.8 Å². The molecule has 2 N–H and O–H groups in total. The van der Waals surface area contributed by atoms with E-state index in [9.17, 15) is 0 Å². The number of aromatic nitrogens is 2. The second-order valence-corrected chi connectivity index (χ2v) is 9.42. The summed E-state index contributed by atoms with van der Waals surface area (Å²) in [6.07, 6.45) is 3.91. The van der Waals surface area contributed by atoms with Crippen LogP contribution in [0.2, 0.25) is 0 Å². The van der Waals surface area contributed by atoms with Crippen LogP contribution in [0, 0.1) is 5.41 Å². The van der Waals surface area contributed by atoms with Crippen LogP contribution in [0.15, 0.2) is 126 Å². The van der Waals surface area contributed by atoms with E-state index in [-0.39, 0.29) is 0 Å². The molecule has 0 atom stereocenters. The fourth-order valence-corrected chi connectivity index (χ4v) is 5.01. The Kier molecular flexibility index (Phi) is 5.52. The van der Waals surface area contributed by atoms with Crippen molar-refractivity contribution >= 4 is 45.0 Å². The molecule has 39 heavy (non-hydrogen) atoms. The number of allylic oxidation sites excluding steroid dienone is 1. The highest BCUT2D eigenvalue weighted by Crippen LogP contribution is 2.35. The van der Waals surface area contributed by atoms with E-state index in [1.165, 1.54) is 0 Å². The van der Waals surface area contributed by atoms with Crippen molar-refractivity contribution in [2.24, 2.45) is 5.10 Å². The van der Waals surface area contributed by atoms with Crippen molar-refractivity contribution in [3.8, 4) is 22.5 Å². The zero-order chi connectivity index (χ0) is 26.2. The minimum Gasteiger partial charge on any atom is -0.298 e. The number of anilines is 1. The van der Waals surface area contributed by atoms with Crippen LogP contribution in [0.3, 0.4) is 0 Å². The van der Waals surface area contributed by atoms with Gasteiger partial charge in [0.25, 0.3) is 0 Å². The quantitative estimate of drug-likeness (QED) is 0.241. The molecule has 1 aliphatic carbocycles. The number of hydrazone groups is 1. The van der Waals surface area contributed by atoms with Gasteiger partial charge < -0.3 is 0 Å². The predicted octanol–water partition coefficient (Wildman–Crippen LogP) is 7.98. The average molecular weight is 502 g/mol. The molecule has 5 nitrogen and oxygen atoms in total. The summed E-state index contributed by atoms with van der Waals surface area (Å²) in [5, 5.41) is 15.7. The number of fused-ring (bicyclic) bond motifs is 4. The maximum Gasteiger partial charge on any atom is 0.109 e. The van der Waals surface area contributed by atoms with Crippen molar-refractivity contribution in [1.82, 2.24) is 9.97 Å². The number of rotatable bonds is 4. The summed E-state index contributed by atoms with van der Waals surface area (Å²) in [6, 6.07) is 38.4. The molecule has 5 aromatic carbocycles. The highest BCUT2D eigenvalue weighted by Gasteiger charge is 2.20. The molecule has 0 amide bonds. The third kappa shape index (κ3) is 4.16. The van der Waals surface area contributed by atoms with Gasteiger partial charge in [0.1, 0.15) is 5.71 Å². The monoisotopic (exact) mass is 501 g/mol. The Hall–Kier alpha value is -5.42. The Morgan fingerprint density at radius 3 is 2.00 bits per heavy atom. The normalized spacial score (nSPS) is 13.6. The molecule has 0 saturated carbocycles. The van der Waals surface area contributed by atoms with Crippen molar-refractivity contribution in [3.05, 3.63) is 132 Å². The summed E-state index contributed by atoms with van der Waals surface area (Å²) in [6.45, 7) is 0. The fourth-order valence-electron chi connectivity index (χ4n) is 5.01. The average Bonchev–Trinajstić information content (AvgIpc) is 3.00. The van der Waals surface area contributed by atoms with Crippen LogP contribution in [0.25, 0.3) is 50.4 Å². The van der Waals surface area contributed by atoms with Gasteiger partial charge in [-0.25, -0.2) is 9.97 Å². The molecule has 0 bridgehead atoms. The van der Waals surface area contributed by atoms with E-state index in [4.69, 9.17) is 15.4 Å². The van der Waals surface area contributed by atoms with Gasteiger partial charge in [-0.15, -0.1) is 0 Å². The lowest BCUT2D eigenvalue weighted by atomic mass is 9.88. The third-order valence-electron chi connectivity index (χ3n) is 6.95. The van der Waals surface area contributed by atoms with Gasteiger partial charge in [0.2, 0.25) is 0 Å². The molecule has 184 valence electrons. The SMILES string of the molecule is N=C1/C(=N\Nc2ccccc2)C=Cc2ccc3ccc(-c4nc5ccccc5nc4-c4ccccc4)cc3c21. The number of nitrogens with zero attached hydrogens (tertiary/aromatic N) is 3. The summed E-state index contributed by atoms with van der Waals surface area (Å²) >= 11 is 0. The van der Waals surface area contributed by atoms with Crippen LogP contribution in [-0.4, -0.2) is 21.4 Å². The fraction of sp³-hybridized carbons (Fsp3) is 0. The second-order valence-electron chi connectivity index (χ2n) is 9.42. The minimum atomic E-state index is 0.381. The number of hydrogen-bond donors (Lipinski definition) is 2. The summed E-state index contributed by atoms with van der Waals surface area (Å²) in [7, 11) is 0. The van der Waals surface area contributed by atoms with Gasteiger partial charge in [-0.1, -0.05) is 91.0 Å². The lowest BCUT2D eigenvalue weighted by molar-refractivity contribution is 1.29. The van der Waals surface area contributed by atoms with Crippen LogP contribution in [-0.2, 0) is 0 Å². The highest BCUT2D eigenvalue weighted by molar-refractivity contribution is 6.55. The van der Waals surface area contributed by atoms with E-state index in [1.54, 1.807) is 0 Å². The summed E-state index contributed by atoms with van der Waals surface area (Å²) < 4.78 is 0. The molecule has 0 saturated heterocycles. The molecule has 1 aromatic heterocycles. The topological polar surface area (TPSA) is 74.0 Å². The first-order valence-corrected chi connectivity index (χ1v) is 12.8. The van der Waals surface area contributed by atoms with Gasteiger partial charge in [0.05, 0.1) is 33.8 Å². The first-order valence-electron chi connectivity index (χ1n) is 12.8. The third-order valence-corrected chi connectivity index (χ3v) is 6.95. The molecule has 0 spiro atoms. The van der Waals surface area contributed by atoms with Crippen LogP contribution in [0.1, 0.15) is 11.1 Å². The molecule has 0 fully saturated rings. The molecular weight excluding hydrogens is 478 g/mol. The van der Waals surface area contributed by atoms with Gasteiger partial charge >= 0.3 is 0 Å². The van der Waals surface area contributed by atoms with Crippen molar-refractivity contribution < 1.29 is 0 Å². The molecule has 0 unspecified atom stereocenters.